The van der Waals surface area contributed by atoms with Crippen molar-refractivity contribution in [2.75, 3.05) is 13.1 Å². The van der Waals surface area contributed by atoms with Crippen molar-refractivity contribution in [2.45, 2.75) is 117 Å². The molecule has 0 aliphatic carbocycles. The van der Waals surface area contributed by atoms with Gasteiger partial charge < -0.3 is 46.0 Å². The Balaban J connectivity index is 0. The fraction of sp³-hybridized carbons (Fsp3) is 0.840. The summed E-state index contributed by atoms with van der Waals surface area (Å²) in [4.78, 5) is 48.4. The van der Waals surface area contributed by atoms with Gasteiger partial charge in [-0.1, -0.05) is 0 Å². The highest BCUT2D eigenvalue weighted by molar-refractivity contribution is 5.76. The SMILES string of the molecule is CC(C)(C)OC(=O)CC(O)C(CCCNC(=O)OC(C)(C)C)(CCCNC(=O)OC(C)(C)C)C(=O)[O-].[NH4+]. The first-order valence-electron chi connectivity index (χ1n) is 12.2. The molecule has 0 aromatic rings. The molecule has 12 heteroatoms. The quantitative estimate of drug-likeness (QED) is 0.165. The van der Waals surface area contributed by atoms with Crippen molar-refractivity contribution in [3.8, 4) is 0 Å². The summed E-state index contributed by atoms with van der Waals surface area (Å²) in [6.07, 6.45) is -3.33. The van der Waals surface area contributed by atoms with Gasteiger partial charge in [-0.2, -0.15) is 0 Å². The monoisotopic (exact) mass is 535 g/mol. The molecule has 1 unspecified atom stereocenters. The third-order valence-electron chi connectivity index (χ3n) is 4.76. The lowest BCUT2D eigenvalue weighted by Gasteiger charge is -2.39. The van der Waals surface area contributed by atoms with Crippen LogP contribution in [0.1, 0.15) is 94.4 Å². The van der Waals surface area contributed by atoms with E-state index in [0.29, 0.717) is 0 Å². The van der Waals surface area contributed by atoms with Crippen molar-refractivity contribution in [3.63, 3.8) is 0 Å². The molecule has 37 heavy (non-hydrogen) atoms. The van der Waals surface area contributed by atoms with Crippen molar-refractivity contribution >= 4 is 24.1 Å². The first-order valence-corrected chi connectivity index (χ1v) is 12.2. The average molecular weight is 536 g/mol. The Bertz CT molecular complexity index is 714. The number of amides is 2. The van der Waals surface area contributed by atoms with Crippen LogP contribution in [0.4, 0.5) is 9.59 Å². The Hall–Kier alpha value is -2.60. The number of aliphatic hydroxyl groups excluding tert-OH is 1. The largest absolute Gasteiger partial charge is 0.549 e. The number of quaternary nitrogens is 1. The van der Waals surface area contributed by atoms with Gasteiger partial charge in [-0.05, 0) is 88.0 Å². The van der Waals surface area contributed by atoms with Crippen LogP contribution in [0, 0.1) is 5.41 Å². The molecule has 0 aromatic heterocycles. The zero-order chi connectivity index (χ0) is 28.4. The van der Waals surface area contributed by atoms with Gasteiger partial charge in [0.05, 0.1) is 18.5 Å². The van der Waals surface area contributed by atoms with Crippen molar-refractivity contribution in [1.82, 2.24) is 16.8 Å². The molecule has 0 aliphatic heterocycles. The van der Waals surface area contributed by atoms with E-state index in [2.05, 4.69) is 10.6 Å². The van der Waals surface area contributed by atoms with Crippen LogP contribution in [0.5, 0.6) is 0 Å². The summed E-state index contributed by atoms with van der Waals surface area (Å²) in [5.41, 5.74) is -4.01. The molecule has 0 rings (SSSR count). The number of carboxylic acid groups (broad SMARTS) is 1. The molecular formula is C25H49N3O9. The zero-order valence-corrected chi connectivity index (χ0v) is 24.2. The lowest BCUT2D eigenvalue weighted by atomic mass is 9.73. The van der Waals surface area contributed by atoms with Crippen LogP contribution in [0.3, 0.4) is 0 Å². The van der Waals surface area contributed by atoms with Crippen molar-refractivity contribution < 1.29 is 43.6 Å². The first kappa shape index (κ1) is 36.6. The van der Waals surface area contributed by atoms with Crippen LogP contribution in [-0.2, 0) is 23.8 Å². The predicted octanol–water partition coefficient (Wildman–Crippen LogP) is 2.80. The fourth-order valence-electron chi connectivity index (χ4n) is 3.35. The van der Waals surface area contributed by atoms with Gasteiger partial charge in [-0.15, -0.1) is 0 Å². The molecule has 0 saturated carbocycles. The minimum absolute atomic E-state index is 0. The highest BCUT2D eigenvalue weighted by atomic mass is 16.6. The maximum absolute atomic E-state index is 12.3. The van der Waals surface area contributed by atoms with Crippen LogP contribution >= 0.6 is 0 Å². The summed E-state index contributed by atoms with van der Waals surface area (Å²) < 4.78 is 15.5. The topological polar surface area (TPSA) is 200 Å². The molecule has 0 aliphatic rings. The number of nitrogens with one attached hydrogen (secondary N) is 2. The second-order valence-corrected chi connectivity index (χ2v) is 11.8. The molecule has 7 N–H and O–H groups in total. The molecular weight excluding hydrogens is 486 g/mol. The third-order valence-corrected chi connectivity index (χ3v) is 4.76. The normalized spacial score (nSPS) is 13.0. The number of hydrogen-bond acceptors (Lipinski definition) is 9. The number of aliphatic carboxylic acids is 1. The van der Waals surface area contributed by atoms with Gasteiger partial charge in [0, 0.05) is 18.5 Å². The van der Waals surface area contributed by atoms with Crippen LogP contribution in [-0.4, -0.2) is 65.2 Å². The molecule has 218 valence electrons. The highest BCUT2D eigenvalue weighted by Crippen LogP contribution is 2.35. The van der Waals surface area contributed by atoms with Crippen molar-refractivity contribution in [1.29, 1.82) is 0 Å². The number of hydrogen-bond donors (Lipinski definition) is 4. The number of aliphatic hydroxyl groups is 1. The lowest BCUT2D eigenvalue weighted by molar-refractivity contribution is -0.325. The van der Waals surface area contributed by atoms with E-state index in [-0.39, 0.29) is 44.9 Å². The Morgan fingerprint density at radius 3 is 1.38 bits per heavy atom. The van der Waals surface area contributed by atoms with E-state index in [4.69, 9.17) is 14.2 Å². The maximum atomic E-state index is 12.3. The van der Waals surface area contributed by atoms with Crippen LogP contribution in [0.25, 0.3) is 0 Å². The summed E-state index contributed by atoms with van der Waals surface area (Å²) in [5, 5.41) is 28.3. The highest BCUT2D eigenvalue weighted by Gasteiger charge is 2.40. The standard InChI is InChI=1S/C25H46N2O9.H3N/c1-22(2,3)34-18(29)16-17(28)25(19(30)31,12-10-14-26-20(32)35-23(4,5)6)13-11-15-27-21(33)36-24(7,8)9;/h17,28H,10-16H2,1-9H3,(H,26,32)(H,27,33)(H,30,31);1H3. The minimum atomic E-state index is -1.82. The van der Waals surface area contributed by atoms with Gasteiger partial charge in [0.2, 0.25) is 0 Å². The molecule has 0 aromatic carbocycles. The molecule has 2 amide bonds. The fourth-order valence-corrected chi connectivity index (χ4v) is 3.35. The van der Waals surface area contributed by atoms with E-state index in [1.54, 1.807) is 62.3 Å². The number of esters is 1. The number of carbonyl (C=O) groups is 4. The molecule has 0 spiro atoms. The van der Waals surface area contributed by atoms with Gasteiger partial charge in [0.1, 0.15) is 16.8 Å². The summed E-state index contributed by atoms with van der Waals surface area (Å²) in [6, 6.07) is 0. The van der Waals surface area contributed by atoms with E-state index in [0.717, 1.165) is 0 Å². The Kier molecular flexibility index (Phi) is 14.8. The Morgan fingerprint density at radius 1 is 0.730 bits per heavy atom. The molecule has 12 nitrogen and oxygen atoms in total. The minimum Gasteiger partial charge on any atom is -0.549 e. The van der Waals surface area contributed by atoms with Crippen LogP contribution in [0.15, 0.2) is 0 Å². The molecule has 1 atom stereocenters. The third kappa shape index (κ3) is 16.7. The van der Waals surface area contributed by atoms with E-state index in [1.807, 2.05) is 0 Å². The van der Waals surface area contributed by atoms with Crippen LogP contribution in [0.2, 0.25) is 0 Å². The smallest absolute Gasteiger partial charge is 0.407 e. The molecule has 0 fully saturated rings. The lowest BCUT2D eigenvalue weighted by Crippen LogP contribution is -2.51. The number of rotatable bonds is 12. The van der Waals surface area contributed by atoms with Crippen molar-refractivity contribution in [2.24, 2.45) is 5.41 Å². The van der Waals surface area contributed by atoms with Crippen LogP contribution < -0.4 is 21.9 Å². The predicted molar refractivity (Wildman–Crippen MR) is 137 cm³/mol. The Labute approximate surface area is 220 Å². The van der Waals surface area contributed by atoms with Gasteiger partial charge in [-0.3, -0.25) is 4.79 Å². The average Bonchev–Trinajstić information content (AvgIpc) is 2.61. The zero-order valence-electron chi connectivity index (χ0n) is 24.2. The summed E-state index contributed by atoms with van der Waals surface area (Å²) in [5.74, 6) is -2.28. The number of alkyl carbamates (subject to hydrolysis) is 2. The van der Waals surface area contributed by atoms with E-state index in [1.165, 1.54) is 0 Å². The second kappa shape index (κ2) is 15.0. The number of carbonyl (C=O) groups excluding carboxylic acids is 4. The van der Waals surface area contributed by atoms with Crippen molar-refractivity contribution in [3.05, 3.63) is 0 Å². The maximum Gasteiger partial charge on any atom is 0.407 e. The summed E-state index contributed by atoms with van der Waals surface area (Å²) >= 11 is 0. The second-order valence-electron chi connectivity index (χ2n) is 11.8. The molecule has 0 heterocycles. The number of ether oxygens (including phenoxy) is 3. The van der Waals surface area contributed by atoms with Gasteiger partial charge in [0.25, 0.3) is 0 Å². The molecule has 0 saturated heterocycles. The van der Waals surface area contributed by atoms with E-state index >= 15 is 0 Å². The molecule has 0 radical (unpaired) electrons. The summed E-state index contributed by atoms with van der Waals surface area (Å²) in [7, 11) is 0. The molecule has 0 bridgehead atoms. The van der Waals surface area contributed by atoms with E-state index in [9.17, 15) is 29.4 Å². The Morgan fingerprint density at radius 2 is 1.08 bits per heavy atom. The first-order chi connectivity index (χ1) is 16.2. The van der Waals surface area contributed by atoms with Gasteiger partial charge in [0.15, 0.2) is 0 Å². The van der Waals surface area contributed by atoms with Gasteiger partial charge in [-0.25, -0.2) is 9.59 Å². The number of carboxylic acids is 1. The van der Waals surface area contributed by atoms with Gasteiger partial charge >= 0.3 is 18.2 Å². The summed E-state index contributed by atoms with van der Waals surface area (Å²) in [6.45, 7) is 15.4. The van der Waals surface area contributed by atoms with E-state index < -0.39 is 58.9 Å².